The third-order valence-electron chi connectivity index (χ3n) is 3.34. The number of imidazole rings is 1. The molecule has 2 N–H and O–H groups in total. The van der Waals surface area contributed by atoms with E-state index in [1.165, 1.54) is 0 Å². The summed E-state index contributed by atoms with van der Waals surface area (Å²) >= 11 is 0. The quantitative estimate of drug-likeness (QED) is 0.812. The Morgan fingerprint density at radius 3 is 2.95 bits per heavy atom. The van der Waals surface area contributed by atoms with E-state index in [1.807, 2.05) is 11.5 Å². The molecule has 1 atom stereocenters. The van der Waals surface area contributed by atoms with Crippen LogP contribution in [0.25, 0.3) is 0 Å². The molecule has 2 heterocycles. The van der Waals surface area contributed by atoms with E-state index in [1.54, 1.807) is 6.92 Å². The van der Waals surface area contributed by atoms with E-state index in [0.29, 0.717) is 18.3 Å². The van der Waals surface area contributed by atoms with Gasteiger partial charge in [-0.25, -0.2) is 9.78 Å². The number of ether oxygens (including phenoxy) is 2. The van der Waals surface area contributed by atoms with Gasteiger partial charge in [0.1, 0.15) is 11.6 Å². The number of aryl methyl sites for hydroxylation is 1. The highest BCUT2D eigenvalue weighted by molar-refractivity contribution is 5.92. The normalized spacial score (nSPS) is 18.7. The van der Waals surface area contributed by atoms with E-state index >= 15 is 0 Å². The smallest absolute Gasteiger partial charge is 0.360 e. The van der Waals surface area contributed by atoms with Crippen molar-refractivity contribution >= 4 is 11.8 Å². The number of hydrogen-bond acceptors (Lipinski definition) is 5. The van der Waals surface area contributed by atoms with Gasteiger partial charge in [0.15, 0.2) is 5.69 Å². The molecular formula is C13H21N3O3. The Morgan fingerprint density at radius 2 is 2.37 bits per heavy atom. The van der Waals surface area contributed by atoms with Crippen molar-refractivity contribution in [2.75, 3.05) is 25.6 Å². The molecule has 0 aliphatic carbocycles. The average Bonchev–Trinajstić information content (AvgIpc) is 3.00. The number of nitrogens with two attached hydrogens (primary N) is 1. The molecule has 0 bridgehead atoms. The second-order valence-corrected chi connectivity index (χ2v) is 4.68. The molecule has 1 aromatic rings. The molecule has 19 heavy (non-hydrogen) atoms. The third kappa shape index (κ3) is 2.89. The highest BCUT2D eigenvalue weighted by Crippen LogP contribution is 2.22. The number of nitrogens with zero attached hydrogens (tertiary/aromatic N) is 2. The lowest BCUT2D eigenvalue weighted by molar-refractivity contribution is 0.0521. The van der Waals surface area contributed by atoms with E-state index in [0.717, 1.165) is 38.4 Å². The van der Waals surface area contributed by atoms with Gasteiger partial charge in [-0.1, -0.05) is 6.92 Å². The molecule has 6 heteroatoms. The molecule has 106 valence electrons. The number of anilines is 1. The predicted octanol–water partition coefficient (Wildman–Crippen LogP) is 1.24. The maximum absolute atomic E-state index is 11.8. The molecule has 0 aromatic carbocycles. The van der Waals surface area contributed by atoms with E-state index in [2.05, 4.69) is 4.98 Å². The maximum atomic E-state index is 11.8. The summed E-state index contributed by atoms with van der Waals surface area (Å²) in [6.45, 7) is 6.38. The molecule has 0 saturated carbocycles. The first kappa shape index (κ1) is 13.9. The number of carbonyl (C=O) groups is 1. The summed E-state index contributed by atoms with van der Waals surface area (Å²) in [5, 5.41) is 0. The van der Waals surface area contributed by atoms with Crippen molar-refractivity contribution in [2.45, 2.75) is 33.2 Å². The second kappa shape index (κ2) is 6.06. The highest BCUT2D eigenvalue weighted by atomic mass is 16.5. The summed E-state index contributed by atoms with van der Waals surface area (Å²) in [6.07, 6.45) is 1.76. The minimum Gasteiger partial charge on any atom is -0.461 e. The van der Waals surface area contributed by atoms with Crippen LogP contribution in [-0.2, 0) is 22.4 Å². The molecule has 1 fully saturated rings. The van der Waals surface area contributed by atoms with Crippen LogP contribution in [0.1, 0.15) is 36.6 Å². The number of nitrogen functional groups attached to an aromatic ring is 1. The SMILES string of the molecule is CCOC(=O)c1nc(CC)n(CC2CCOC2)c1N. The fraction of sp³-hybridized carbons (Fsp3) is 0.692. The predicted molar refractivity (Wildman–Crippen MR) is 70.9 cm³/mol. The van der Waals surface area contributed by atoms with Crippen LogP contribution >= 0.6 is 0 Å². The van der Waals surface area contributed by atoms with Gasteiger partial charge in [0.25, 0.3) is 0 Å². The lowest BCUT2D eigenvalue weighted by atomic mass is 10.1. The zero-order valence-corrected chi connectivity index (χ0v) is 11.5. The minimum absolute atomic E-state index is 0.234. The second-order valence-electron chi connectivity index (χ2n) is 4.68. The van der Waals surface area contributed by atoms with Crippen molar-refractivity contribution in [1.82, 2.24) is 9.55 Å². The van der Waals surface area contributed by atoms with Crippen LogP contribution in [-0.4, -0.2) is 35.3 Å². The van der Waals surface area contributed by atoms with Gasteiger partial charge in [-0.05, 0) is 13.3 Å². The van der Waals surface area contributed by atoms with Crippen LogP contribution in [0.2, 0.25) is 0 Å². The highest BCUT2D eigenvalue weighted by Gasteiger charge is 2.24. The summed E-state index contributed by atoms with van der Waals surface area (Å²) in [5.41, 5.74) is 6.28. The first-order valence-electron chi connectivity index (χ1n) is 6.77. The molecule has 0 radical (unpaired) electrons. The topological polar surface area (TPSA) is 79.4 Å². The molecule has 6 nitrogen and oxygen atoms in total. The average molecular weight is 267 g/mol. The van der Waals surface area contributed by atoms with E-state index in [-0.39, 0.29) is 5.69 Å². The summed E-state index contributed by atoms with van der Waals surface area (Å²) in [4.78, 5) is 16.1. The summed E-state index contributed by atoms with van der Waals surface area (Å²) in [5.74, 6) is 1.22. The van der Waals surface area contributed by atoms with Crippen molar-refractivity contribution in [3.63, 3.8) is 0 Å². The van der Waals surface area contributed by atoms with Crippen LogP contribution in [0, 0.1) is 5.92 Å². The van der Waals surface area contributed by atoms with Gasteiger partial charge in [-0.15, -0.1) is 0 Å². The number of rotatable bonds is 5. The first-order valence-corrected chi connectivity index (χ1v) is 6.77. The standard InChI is InChI=1S/C13H21N3O3/c1-3-10-15-11(13(17)19-4-2)12(14)16(10)7-9-5-6-18-8-9/h9H,3-8,14H2,1-2H3. The molecule has 1 aliphatic rings. The molecule has 1 aromatic heterocycles. The molecule has 1 aliphatic heterocycles. The van der Waals surface area contributed by atoms with Crippen LogP contribution < -0.4 is 5.73 Å². The van der Waals surface area contributed by atoms with E-state index in [4.69, 9.17) is 15.2 Å². The number of esters is 1. The van der Waals surface area contributed by atoms with Gasteiger partial charge in [-0.2, -0.15) is 0 Å². The summed E-state index contributed by atoms with van der Waals surface area (Å²) in [6, 6.07) is 0. The lowest BCUT2D eigenvalue weighted by Gasteiger charge is -2.12. The number of carbonyl (C=O) groups excluding carboxylic acids is 1. The van der Waals surface area contributed by atoms with Crippen LogP contribution in [0.5, 0.6) is 0 Å². The van der Waals surface area contributed by atoms with Crippen molar-refractivity contribution in [3.05, 3.63) is 11.5 Å². The van der Waals surface area contributed by atoms with Gasteiger partial charge < -0.3 is 19.8 Å². The maximum Gasteiger partial charge on any atom is 0.360 e. The van der Waals surface area contributed by atoms with Gasteiger partial charge in [-0.3, -0.25) is 0 Å². The zero-order valence-electron chi connectivity index (χ0n) is 11.5. The van der Waals surface area contributed by atoms with Crippen LogP contribution in [0.15, 0.2) is 0 Å². The molecule has 1 unspecified atom stereocenters. The molecule has 0 amide bonds. The summed E-state index contributed by atoms with van der Waals surface area (Å²) < 4.78 is 12.3. The van der Waals surface area contributed by atoms with Crippen molar-refractivity contribution < 1.29 is 14.3 Å². The Morgan fingerprint density at radius 1 is 1.58 bits per heavy atom. The molecule has 0 spiro atoms. The lowest BCUT2D eigenvalue weighted by Crippen LogP contribution is -2.16. The Kier molecular flexibility index (Phi) is 4.42. The molecular weight excluding hydrogens is 246 g/mol. The fourth-order valence-corrected chi connectivity index (χ4v) is 2.32. The summed E-state index contributed by atoms with van der Waals surface area (Å²) in [7, 11) is 0. The largest absolute Gasteiger partial charge is 0.461 e. The van der Waals surface area contributed by atoms with Crippen LogP contribution in [0.3, 0.4) is 0 Å². The molecule has 2 rings (SSSR count). The number of aromatic nitrogens is 2. The van der Waals surface area contributed by atoms with Crippen molar-refractivity contribution in [1.29, 1.82) is 0 Å². The van der Waals surface area contributed by atoms with Crippen molar-refractivity contribution in [3.8, 4) is 0 Å². The van der Waals surface area contributed by atoms with Gasteiger partial charge in [0.2, 0.25) is 0 Å². The molecule has 1 saturated heterocycles. The monoisotopic (exact) mass is 267 g/mol. The Hall–Kier alpha value is -1.56. The van der Waals surface area contributed by atoms with Crippen molar-refractivity contribution in [2.24, 2.45) is 5.92 Å². The fourth-order valence-electron chi connectivity index (χ4n) is 2.32. The number of hydrogen-bond donors (Lipinski definition) is 1. The first-order chi connectivity index (χ1) is 9.17. The van der Waals surface area contributed by atoms with E-state index < -0.39 is 5.97 Å². The zero-order chi connectivity index (χ0) is 13.8. The van der Waals surface area contributed by atoms with E-state index in [9.17, 15) is 4.79 Å². The Bertz CT molecular complexity index is 450. The van der Waals surface area contributed by atoms with Gasteiger partial charge in [0, 0.05) is 25.5 Å². The van der Waals surface area contributed by atoms with Gasteiger partial charge in [0.05, 0.1) is 13.2 Å². The minimum atomic E-state index is -0.448. The Labute approximate surface area is 112 Å². The third-order valence-corrected chi connectivity index (χ3v) is 3.34. The van der Waals surface area contributed by atoms with Gasteiger partial charge >= 0.3 is 5.97 Å². The van der Waals surface area contributed by atoms with Crippen LogP contribution in [0.4, 0.5) is 5.82 Å². The Balaban J connectivity index is 2.23.